The quantitative estimate of drug-likeness (QED) is 0.919. The first-order chi connectivity index (χ1) is 9.55. The summed E-state index contributed by atoms with van der Waals surface area (Å²) in [5.74, 6) is -0.752. The van der Waals surface area contributed by atoms with E-state index in [1.807, 2.05) is 4.90 Å². The SMILES string of the molecule is CCC1CN(c2ncc(Cl)c(C(=O)O)n2)CC(CC)O1. The fourth-order valence-electron chi connectivity index (χ4n) is 2.20. The highest BCUT2D eigenvalue weighted by Crippen LogP contribution is 2.22. The lowest BCUT2D eigenvalue weighted by Crippen LogP contribution is -2.48. The van der Waals surface area contributed by atoms with Crippen molar-refractivity contribution < 1.29 is 14.6 Å². The van der Waals surface area contributed by atoms with Crippen LogP contribution in [0.2, 0.25) is 5.02 Å². The number of hydrogen-bond donors (Lipinski definition) is 1. The minimum atomic E-state index is -1.15. The van der Waals surface area contributed by atoms with Crippen LogP contribution in [0.25, 0.3) is 0 Å². The standard InChI is InChI=1S/C13H18ClN3O3/c1-3-8-6-17(7-9(4-2)20-8)13-15-5-10(14)11(16-13)12(18)19/h5,8-9H,3-4,6-7H2,1-2H3,(H,18,19). The molecule has 2 rings (SSSR count). The second-order valence-corrected chi connectivity index (χ2v) is 5.18. The van der Waals surface area contributed by atoms with Crippen LogP contribution < -0.4 is 4.90 Å². The highest BCUT2D eigenvalue weighted by molar-refractivity contribution is 6.33. The maximum absolute atomic E-state index is 11.1. The van der Waals surface area contributed by atoms with Crippen molar-refractivity contribution in [2.75, 3.05) is 18.0 Å². The van der Waals surface area contributed by atoms with E-state index in [-0.39, 0.29) is 22.9 Å². The summed E-state index contributed by atoms with van der Waals surface area (Å²) in [5, 5.41) is 9.12. The topological polar surface area (TPSA) is 75.6 Å². The number of aromatic nitrogens is 2. The van der Waals surface area contributed by atoms with E-state index in [0.717, 1.165) is 12.8 Å². The van der Waals surface area contributed by atoms with Crippen molar-refractivity contribution in [3.05, 3.63) is 16.9 Å². The van der Waals surface area contributed by atoms with Crippen LogP contribution in [0.15, 0.2) is 6.20 Å². The van der Waals surface area contributed by atoms with Crippen molar-refractivity contribution >= 4 is 23.5 Å². The molecule has 2 heterocycles. The van der Waals surface area contributed by atoms with Gasteiger partial charge in [-0.3, -0.25) is 0 Å². The number of hydrogen-bond acceptors (Lipinski definition) is 5. The average molecular weight is 300 g/mol. The van der Waals surface area contributed by atoms with Gasteiger partial charge in [0, 0.05) is 13.1 Å². The summed E-state index contributed by atoms with van der Waals surface area (Å²) in [5.41, 5.74) is -0.163. The molecule has 1 aliphatic rings. The van der Waals surface area contributed by atoms with E-state index in [2.05, 4.69) is 23.8 Å². The van der Waals surface area contributed by atoms with Gasteiger partial charge in [0.15, 0.2) is 5.69 Å². The Morgan fingerprint density at radius 2 is 2.05 bits per heavy atom. The monoisotopic (exact) mass is 299 g/mol. The molecule has 6 nitrogen and oxygen atoms in total. The van der Waals surface area contributed by atoms with Gasteiger partial charge < -0.3 is 14.7 Å². The van der Waals surface area contributed by atoms with Gasteiger partial charge in [-0.25, -0.2) is 14.8 Å². The fourth-order valence-corrected chi connectivity index (χ4v) is 2.37. The molecule has 0 saturated carbocycles. The first-order valence-corrected chi connectivity index (χ1v) is 7.09. The lowest BCUT2D eigenvalue weighted by atomic mass is 10.1. The number of carbonyl (C=O) groups is 1. The molecule has 0 radical (unpaired) electrons. The average Bonchev–Trinajstić information content (AvgIpc) is 2.46. The minimum Gasteiger partial charge on any atom is -0.476 e. The number of carboxylic acids is 1. The maximum Gasteiger partial charge on any atom is 0.356 e. The van der Waals surface area contributed by atoms with Gasteiger partial charge in [0.25, 0.3) is 0 Å². The second-order valence-electron chi connectivity index (χ2n) is 4.77. The number of halogens is 1. The van der Waals surface area contributed by atoms with Crippen LogP contribution in [0.1, 0.15) is 37.2 Å². The molecule has 1 saturated heterocycles. The van der Waals surface area contributed by atoms with Crippen molar-refractivity contribution in [2.45, 2.75) is 38.9 Å². The molecular formula is C13H18ClN3O3. The number of morpholine rings is 1. The van der Waals surface area contributed by atoms with Gasteiger partial charge in [0.1, 0.15) is 0 Å². The first-order valence-electron chi connectivity index (χ1n) is 6.71. The van der Waals surface area contributed by atoms with Crippen LogP contribution in [0.4, 0.5) is 5.95 Å². The second kappa shape index (κ2) is 6.37. The van der Waals surface area contributed by atoms with Gasteiger partial charge >= 0.3 is 5.97 Å². The van der Waals surface area contributed by atoms with Gasteiger partial charge in [-0.05, 0) is 12.8 Å². The smallest absolute Gasteiger partial charge is 0.356 e. The predicted molar refractivity (Wildman–Crippen MR) is 75.5 cm³/mol. The van der Waals surface area contributed by atoms with E-state index >= 15 is 0 Å². The summed E-state index contributed by atoms with van der Waals surface area (Å²) >= 11 is 5.79. The molecule has 2 atom stereocenters. The molecule has 110 valence electrons. The Morgan fingerprint density at radius 3 is 2.55 bits per heavy atom. The largest absolute Gasteiger partial charge is 0.476 e. The zero-order chi connectivity index (χ0) is 14.7. The molecule has 0 aliphatic carbocycles. The number of rotatable bonds is 4. The molecule has 1 aliphatic heterocycles. The Balaban J connectivity index is 2.25. The Morgan fingerprint density at radius 1 is 1.45 bits per heavy atom. The van der Waals surface area contributed by atoms with Gasteiger partial charge in [-0.15, -0.1) is 0 Å². The number of carboxylic acid groups (broad SMARTS) is 1. The van der Waals surface area contributed by atoms with E-state index in [1.165, 1.54) is 6.20 Å². The van der Waals surface area contributed by atoms with Crippen LogP contribution in [-0.4, -0.2) is 46.3 Å². The summed E-state index contributed by atoms with van der Waals surface area (Å²) in [6.45, 7) is 5.44. The van der Waals surface area contributed by atoms with E-state index in [0.29, 0.717) is 19.0 Å². The number of nitrogens with zero attached hydrogens (tertiary/aromatic N) is 3. The number of aromatic carboxylic acids is 1. The van der Waals surface area contributed by atoms with Crippen molar-refractivity contribution in [1.82, 2.24) is 9.97 Å². The number of ether oxygens (including phenoxy) is 1. The van der Waals surface area contributed by atoms with Crippen molar-refractivity contribution in [1.29, 1.82) is 0 Å². The third-order valence-electron chi connectivity index (χ3n) is 3.36. The van der Waals surface area contributed by atoms with Crippen molar-refractivity contribution in [3.63, 3.8) is 0 Å². The maximum atomic E-state index is 11.1. The van der Waals surface area contributed by atoms with Crippen molar-refractivity contribution in [3.8, 4) is 0 Å². The third kappa shape index (κ3) is 3.19. The highest BCUT2D eigenvalue weighted by atomic mass is 35.5. The molecule has 20 heavy (non-hydrogen) atoms. The van der Waals surface area contributed by atoms with Gasteiger partial charge in [0.2, 0.25) is 5.95 Å². The molecule has 1 aromatic rings. The molecule has 0 bridgehead atoms. The number of anilines is 1. The van der Waals surface area contributed by atoms with E-state index < -0.39 is 5.97 Å². The van der Waals surface area contributed by atoms with Crippen molar-refractivity contribution in [2.24, 2.45) is 0 Å². The lowest BCUT2D eigenvalue weighted by Gasteiger charge is -2.37. The zero-order valence-corrected chi connectivity index (χ0v) is 12.3. The Bertz CT molecular complexity index is 486. The fraction of sp³-hybridized carbons (Fsp3) is 0.615. The van der Waals surface area contributed by atoms with Crippen LogP contribution in [0.3, 0.4) is 0 Å². The molecule has 1 N–H and O–H groups in total. The van der Waals surface area contributed by atoms with Gasteiger partial charge in [0.05, 0.1) is 23.4 Å². The third-order valence-corrected chi connectivity index (χ3v) is 3.64. The summed E-state index contributed by atoms with van der Waals surface area (Å²) in [4.78, 5) is 21.3. The van der Waals surface area contributed by atoms with Crippen LogP contribution >= 0.6 is 11.6 Å². The van der Waals surface area contributed by atoms with E-state index in [1.54, 1.807) is 0 Å². The lowest BCUT2D eigenvalue weighted by molar-refractivity contribution is -0.0290. The van der Waals surface area contributed by atoms with Crippen LogP contribution in [-0.2, 0) is 4.74 Å². The molecule has 7 heteroatoms. The molecule has 0 spiro atoms. The Hall–Kier alpha value is -1.40. The normalized spacial score (nSPS) is 22.9. The molecule has 2 unspecified atom stereocenters. The summed E-state index contributed by atoms with van der Waals surface area (Å²) in [6, 6.07) is 0. The van der Waals surface area contributed by atoms with Crippen LogP contribution in [0, 0.1) is 0 Å². The Labute approximate surface area is 122 Å². The molecule has 0 amide bonds. The molecule has 0 aromatic carbocycles. The summed E-state index contributed by atoms with van der Waals surface area (Å²) in [7, 11) is 0. The summed E-state index contributed by atoms with van der Waals surface area (Å²) in [6.07, 6.45) is 3.35. The molecule has 1 fully saturated rings. The highest BCUT2D eigenvalue weighted by Gasteiger charge is 2.28. The minimum absolute atomic E-state index is 0.0496. The first kappa shape index (κ1) is 15.0. The van der Waals surface area contributed by atoms with Crippen LogP contribution in [0.5, 0.6) is 0 Å². The van der Waals surface area contributed by atoms with Gasteiger partial charge in [-0.2, -0.15) is 0 Å². The van der Waals surface area contributed by atoms with E-state index in [4.69, 9.17) is 21.4 Å². The van der Waals surface area contributed by atoms with E-state index in [9.17, 15) is 4.79 Å². The molecular weight excluding hydrogens is 282 g/mol. The van der Waals surface area contributed by atoms with Gasteiger partial charge in [-0.1, -0.05) is 25.4 Å². The Kier molecular flexibility index (Phi) is 4.77. The zero-order valence-electron chi connectivity index (χ0n) is 11.5. The summed E-state index contributed by atoms with van der Waals surface area (Å²) < 4.78 is 5.90. The predicted octanol–water partition coefficient (Wildman–Crippen LogP) is 2.22. The molecule has 1 aromatic heterocycles.